The molecule has 4 heteroatoms. The molecule has 1 rings (SSSR count). The largest absolute Gasteiger partial charge is 0.493 e. The molecule has 4 nitrogen and oxygen atoms in total. The van der Waals surface area contributed by atoms with E-state index in [0.717, 1.165) is 29.9 Å². The molecule has 0 aromatic heterocycles. The van der Waals surface area contributed by atoms with E-state index in [2.05, 4.69) is 0 Å². The minimum absolute atomic E-state index is 0.00289. The number of ether oxygens (including phenoxy) is 2. The molecule has 4 N–H and O–H groups in total. The highest BCUT2D eigenvalue weighted by Gasteiger charge is 2.10. The SMILES string of the molecule is CCOc1ccc([C@@H](N)CCCN)cc1OC. The second-order valence-electron chi connectivity index (χ2n) is 3.88. The van der Waals surface area contributed by atoms with Crippen molar-refractivity contribution in [2.24, 2.45) is 11.5 Å². The van der Waals surface area contributed by atoms with Crippen molar-refractivity contribution in [1.82, 2.24) is 0 Å². The molecule has 0 saturated heterocycles. The first-order valence-corrected chi connectivity index (χ1v) is 5.99. The zero-order chi connectivity index (χ0) is 12.7. The van der Waals surface area contributed by atoms with E-state index in [1.165, 1.54) is 0 Å². The summed E-state index contributed by atoms with van der Waals surface area (Å²) >= 11 is 0. The third-order valence-corrected chi connectivity index (χ3v) is 2.63. The van der Waals surface area contributed by atoms with Gasteiger partial charge in [-0.15, -0.1) is 0 Å². The van der Waals surface area contributed by atoms with Crippen molar-refractivity contribution in [2.75, 3.05) is 20.3 Å². The molecule has 17 heavy (non-hydrogen) atoms. The van der Waals surface area contributed by atoms with Crippen LogP contribution in [0.15, 0.2) is 18.2 Å². The maximum atomic E-state index is 6.08. The van der Waals surface area contributed by atoms with Crippen molar-refractivity contribution in [2.45, 2.75) is 25.8 Å². The second kappa shape index (κ2) is 7.14. The quantitative estimate of drug-likeness (QED) is 0.760. The molecule has 0 aliphatic carbocycles. The van der Waals surface area contributed by atoms with Gasteiger partial charge in [-0.05, 0) is 44.0 Å². The Kier molecular flexibility index (Phi) is 5.80. The fourth-order valence-corrected chi connectivity index (χ4v) is 1.69. The van der Waals surface area contributed by atoms with Crippen LogP contribution in [0.2, 0.25) is 0 Å². The lowest BCUT2D eigenvalue weighted by atomic mass is 10.0. The van der Waals surface area contributed by atoms with E-state index in [1.54, 1.807) is 7.11 Å². The molecule has 0 bridgehead atoms. The first-order chi connectivity index (χ1) is 8.22. The molecular formula is C13H22N2O2. The summed E-state index contributed by atoms with van der Waals surface area (Å²) in [4.78, 5) is 0. The Bertz CT molecular complexity index is 342. The second-order valence-corrected chi connectivity index (χ2v) is 3.88. The Hall–Kier alpha value is -1.26. The van der Waals surface area contributed by atoms with Gasteiger partial charge in [-0.25, -0.2) is 0 Å². The summed E-state index contributed by atoms with van der Waals surface area (Å²) in [6, 6.07) is 5.82. The minimum atomic E-state index is 0.00289. The highest BCUT2D eigenvalue weighted by molar-refractivity contribution is 5.43. The Morgan fingerprint density at radius 2 is 2.06 bits per heavy atom. The monoisotopic (exact) mass is 238 g/mol. The van der Waals surface area contributed by atoms with E-state index in [0.29, 0.717) is 13.2 Å². The maximum absolute atomic E-state index is 6.08. The van der Waals surface area contributed by atoms with E-state index >= 15 is 0 Å². The molecule has 0 amide bonds. The zero-order valence-corrected chi connectivity index (χ0v) is 10.6. The Morgan fingerprint density at radius 1 is 1.29 bits per heavy atom. The van der Waals surface area contributed by atoms with E-state index in [1.807, 2.05) is 25.1 Å². The average Bonchev–Trinajstić information content (AvgIpc) is 2.36. The average molecular weight is 238 g/mol. The summed E-state index contributed by atoms with van der Waals surface area (Å²) in [5.74, 6) is 1.48. The van der Waals surface area contributed by atoms with Crippen molar-refractivity contribution in [1.29, 1.82) is 0 Å². The van der Waals surface area contributed by atoms with Crippen molar-refractivity contribution in [3.05, 3.63) is 23.8 Å². The van der Waals surface area contributed by atoms with Crippen LogP contribution in [0.3, 0.4) is 0 Å². The Morgan fingerprint density at radius 3 is 2.65 bits per heavy atom. The molecule has 0 aliphatic heterocycles. The van der Waals surface area contributed by atoms with Gasteiger partial charge in [0.15, 0.2) is 11.5 Å². The smallest absolute Gasteiger partial charge is 0.161 e. The van der Waals surface area contributed by atoms with Crippen LogP contribution in [0.1, 0.15) is 31.4 Å². The number of benzene rings is 1. The van der Waals surface area contributed by atoms with Crippen LogP contribution in [0.25, 0.3) is 0 Å². The van der Waals surface area contributed by atoms with Gasteiger partial charge in [0.25, 0.3) is 0 Å². The Balaban J connectivity index is 2.80. The first kappa shape index (κ1) is 13.8. The molecule has 1 atom stereocenters. The van der Waals surface area contributed by atoms with Gasteiger partial charge in [-0.1, -0.05) is 6.07 Å². The van der Waals surface area contributed by atoms with E-state index < -0.39 is 0 Å². The normalized spacial score (nSPS) is 12.2. The highest BCUT2D eigenvalue weighted by atomic mass is 16.5. The van der Waals surface area contributed by atoms with Crippen molar-refractivity contribution >= 4 is 0 Å². The molecule has 0 saturated carbocycles. The maximum Gasteiger partial charge on any atom is 0.161 e. The van der Waals surface area contributed by atoms with Crippen LogP contribution in [0.5, 0.6) is 11.5 Å². The van der Waals surface area contributed by atoms with Crippen molar-refractivity contribution in [3.63, 3.8) is 0 Å². The molecular weight excluding hydrogens is 216 g/mol. The van der Waals surface area contributed by atoms with Gasteiger partial charge in [0.05, 0.1) is 13.7 Å². The molecule has 0 unspecified atom stereocenters. The zero-order valence-electron chi connectivity index (χ0n) is 10.6. The standard InChI is InChI=1S/C13H22N2O2/c1-3-17-12-7-6-10(9-13(12)16-2)11(15)5-4-8-14/h6-7,9,11H,3-5,8,14-15H2,1-2H3/t11-/m0/s1. The summed E-state index contributed by atoms with van der Waals surface area (Å²) in [5, 5.41) is 0. The third kappa shape index (κ3) is 3.91. The lowest BCUT2D eigenvalue weighted by Gasteiger charge is -2.15. The number of nitrogens with two attached hydrogens (primary N) is 2. The van der Waals surface area contributed by atoms with E-state index in [-0.39, 0.29) is 6.04 Å². The fraction of sp³-hybridized carbons (Fsp3) is 0.538. The van der Waals surface area contributed by atoms with Gasteiger partial charge in [-0.2, -0.15) is 0 Å². The van der Waals surface area contributed by atoms with Crippen LogP contribution in [-0.2, 0) is 0 Å². The number of methoxy groups -OCH3 is 1. The van der Waals surface area contributed by atoms with Crippen LogP contribution in [0.4, 0.5) is 0 Å². The lowest BCUT2D eigenvalue weighted by molar-refractivity contribution is 0.310. The lowest BCUT2D eigenvalue weighted by Crippen LogP contribution is -2.12. The van der Waals surface area contributed by atoms with Crippen LogP contribution < -0.4 is 20.9 Å². The molecule has 1 aromatic rings. The molecule has 0 radical (unpaired) electrons. The number of rotatable bonds is 7. The highest BCUT2D eigenvalue weighted by Crippen LogP contribution is 2.30. The van der Waals surface area contributed by atoms with Crippen LogP contribution >= 0.6 is 0 Å². The summed E-state index contributed by atoms with van der Waals surface area (Å²) in [6.07, 6.45) is 1.81. The van der Waals surface area contributed by atoms with Gasteiger partial charge >= 0.3 is 0 Å². The van der Waals surface area contributed by atoms with Gasteiger partial charge in [0, 0.05) is 6.04 Å². The fourth-order valence-electron chi connectivity index (χ4n) is 1.69. The molecule has 96 valence electrons. The van der Waals surface area contributed by atoms with Gasteiger partial charge in [0.1, 0.15) is 0 Å². The van der Waals surface area contributed by atoms with Crippen LogP contribution in [-0.4, -0.2) is 20.3 Å². The van der Waals surface area contributed by atoms with Gasteiger partial charge < -0.3 is 20.9 Å². The molecule has 0 spiro atoms. The number of hydrogen-bond acceptors (Lipinski definition) is 4. The minimum Gasteiger partial charge on any atom is -0.493 e. The topological polar surface area (TPSA) is 70.5 Å². The summed E-state index contributed by atoms with van der Waals surface area (Å²) in [6.45, 7) is 3.23. The predicted molar refractivity (Wildman–Crippen MR) is 69.4 cm³/mol. The van der Waals surface area contributed by atoms with E-state index in [4.69, 9.17) is 20.9 Å². The molecule has 1 aromatic carbocycles. The van der Waals surface area contributed by atoms with Crippen molar-refractivity contribution < 1.29 is 9.47 Å². The van der Waals surface area contributed by atoms with E-state index in [9.17, 15) is 0 Å². The van der Waals surface area contributed by atoms with Gasteiger partial charge in [0.2, 0.25) is 0 Å². The molecule has 0 fully saturated rings. The molecule has 0 aliphatic rings. The third-order valence-electron chi connectivity index (χ3n) is 2.63. The Labute approximate surface area is 103 Å². The molecule has 0 heterocycles. The predicted octanol–water partition coefficient (Wildman–Crippen LogP) is 1.83. The summed E-state index contributed by atoms with van der Waals surface area (Å²) in [7, 11) is 1.63. The number of hydrogen-bond donors (Lipinski definition) is 2. The first-order valence-electron chi connectivity index (χ1n) is 5.99. The van der Waals surface area contributed by atoms with Crippen LogP contribution in [0, 0.1) is 0 Å². The van der Waals surface area contributed by atoms with Gasteiger partial charge in [-0.3, -0.25) is 0 Å². The van der Waals surface area contributed by atoms with Crippen molar-refractivity contribution in [3.8, 4) is 11.5 Å². The summed E-state index contributed by atoms with van der Waals surface area (Å²) in [5.41, 5.74) is 12.6. The summed E-state index contributed by atoms with van der Waals surface area (Å²) < 4.78 is 10.7.